The third kappa shape index (κ3) is 4.68. The lowest BCUT2D eigenvalue weighted by Gasteiger charge is -2.07. The van der Waals surface area contributed by atoms with Crippen LogP contribution >= 0.6 is 11.6 Å². The standard InChI is InChI=1S/C18H15ClN4O2/c19-17-16(11-21-23-18(17)24)22-20-10-14-7-4-8-15(9-14)25-12-13-5-2-1-3-6-13/h1-11H,12H2,(H2,22,23,24)/b20-10-. The van der Waals surface area contributed by atoms with E-state index in [2.05, 4.69) is 20.7 Å². The van der Waals surface area contributed by atoms with E-state index in [1.165, 1.54) is 6.20 Å². The molecule has 7 heteroatoms. The van der Waals surface area contributed by atoms with E-state index in [1.807, 2.05) is 54.6 Å². The fraction of sp³-hybridized carbons (Fsp3) is 0.0556. The Morgan fingerprint density at radius 1 is 1.20 bits per heavy atom. The summed E-state index contributed by atoms with van der Waals surface area (Å²) in [6, 6.07) is 17.4. The number of aromatic nitrogens is 2. The van der Waals surface area contributed by atoms with Gasteiger partial charge in [-0.3, -0.25) is 10.2 Å². The predicted molar refractivity (Wildman–Crippen MR) is 98.3 cm³/mol. The molecule has 0 atom stereocenters. The number of aromatic amines is 1. The molecule has 3 rings (SSSR count). The van der Waals surface area contributed by atoms with E-state index in [0.29, 0.717) is 12.3 Å². The minimum atomic E-state index is -0.474. The molecule has 3 aromatic rings. The number of hydrogen-bond donors (Lipinski definition) is 2. The number of H-pyrrole nitrogens is 1. The lowest BCUT2D eigenvalue weighted by molar-refractivity contribution is 0.306. The zero-order valence-corrected chi connectivity index (χ0v) is 13.9. The zero-order valence-electron chi connectivity index (χ0n) is 13.1. The average Bonchev–Trinajstić information content (AvgIpc) is 2.65. The van der Waals surface area contributed by atoms with Crippen molar-refractivity contribution in [1.82, 2.24) is 10.2 Å². The monoisotopic (exact) mass is 354 g/mol. The molecule has 0 aliphatic heterocycles. The second kappa shape index (κ2) is 8.12. The van der Waals surface area contributed by atoms with Crippen LogP contribution in [0, 0.1) is 0 Å². The normalized spacial score (nSPS) is 10.8. The quantitative estimate of drug-likeness (QED) is 0.525. The van der Waals surface area contributed by atoms with Gasteiger partial charge in [-0.05, 0) is 23.3 Å². The highest BCUT2D eigenvalue weighted by Gasteiger charge is 2.03. The van der Waals surface area contributed by atoms with Gasteiger partial charge in [0.25, 0.3) is 5.56 Å². The highest BCUT2D eigenvalue weighted by molar-refractivity contribution is 6.32. The summed E-state index contributed by atoms with van der Waals surface area (Å²) in [5.74, 6) is 0.739. The lowest BCUT2D eigenvalue weighted by atomic mass is 10.2. The van der Waals surface area contributed by atoms with Crippen LogP contribution in [0.25, 0.3) is 0 Å². The summed E-state index contributed by atoms with van der Waals surface area (Å²) in [6.07, 6.45) is 2.99. The van der Waals surface area contributed by atoms with Crippen LogP contribution in [0.5, 0.6) is 5.75 Å². The highest BCUT2D eigenvalue weighted by atomic mass is 35.5. The van der Waals surface area contributed by atoms with Crippen LogP contribution in [0.1, 0.15) is 11.1 Å². The molecule has 0 radical (unpaired) electrons. The maximum Gasteiger partial charge on any atom is 0.285 e. The van der Waals surface area contributed by atoms with E-state index in [1.54, 1.807) is 6.21 Å². The van der Waals surface area contributed by atoms with Gasteiger partial charge in [0.15, 0.2) is 0 Å². The maximum absolute atomic E-state index is 11.3. The van der Waals surface area contributed by atoms with E-state index in [0.717, 1.165) is 16.9 Å². The van der Waals surface area contributed by atoms with E-state index in [-0.39, 0.29) is 5.02 Å². The lowest BCUT2D eigenvalue weighted by Crippen LogP contribution is -2.10. The van der Waals surface area contributed by atoms with Gasteiger partial charge in [0, 0.05) is 0 Å². The first kappa shape index (κ1) is 16.7. The summed E-state index contributed by atoms with van der Waals surface area (Å²) in [5, 5.41) is 9.97. The first-order chi connectivity index (χ1) is 12.2. The third-order valence-corrected chi connectivity index (χ3v) is 3.68. The van der Waals surface area contributed by atoms with Crippen LogP contribution in [0.15, 0.2) is 70.7 Å². The summed E-state index contributed by atoms with van der Waals surface area (Å²) < 4.78 is 5.77. The number of benzene rings is 2. The van der Waals surface area contributed by atoms with E-state index < -0.39 is 5.56 Å². The molecule has 0 amide bonds. The second-order valence-electron chi connectivity index (χ2n) is 5.14. The van der Waals surface area contributed by atoms with Gasteiger partial charge in [-0.1, -0.05) is 54.1 Å². The molecular weight excluding hydrogens is 340 g/mol. The van der Waals surface area contributed by atoms with Gasteiger partial charge < -0.3 is 4.74 Å². The molecule has 0 aliphatic carbocycles. The van der Waals surface area contributed by atoms with Gasteiger partial charge >= 0.3 is 0 Å². The molecule has 0 spiro atoms. The highest BCUT2D eigenvalue weighted by Crippen LogP contribution is 2.16. The van der Waals surface area contributed by atoms with Gasteiger partial charge in [0.2, 0.25) is 0 Å². The number of nitrogens with zero attached hydrogens (tertiary/aromatic N) is 2. The van der Waals surface area contributed by atoms with E-state index >= 15 is 0 Å². The Morgan fingerprint density at radius 3 is 2.88 bits per heavy atom. The van der Waals surface area contributed by atoms with E-state index in [9.17, 15) is 4.79 Å². The Labute approximate surface area is 149 Å². The molecule has 0 saturated carbocycles. The van der Waals surface area contributed by atoms with Crippen molar-refractivity contribution in [3.63, 3.8) is 0 Å². The number of anilines is 1. The summed E-state index contributed by atoms with van der Waals surface area (Å²) in [7, 11) is 0. The zero-order chi connectivity index (χ0) is 17.5. The van der Waals surface area contributed by atoms with Crippen molar-refractivity contribution in [3.05, 3.63) is 87.3 Å². The van der Waals surface area contributed by atoms with Gasteiger partial charge in [0.1, 0.15) is 23.1 Å². The smallest absolute Gasteiger partial charge is 0.285 e. The molecule has 0 bridgehead atoms. The number of halogens is 1. The average molecular weight is 355 g/mol. The fourth-order valence-electron chi connectivity index (χ4n) is 2.06. The first-order valence-electron chi connectivity index (χ1n) is 7.51. The largest absolute Gasteiger partial charge is 0.489 e. The molecule has 0 fully saturated rings. The van der Waals surface area contributed by atoms with Crippen LogP contribution < -0.4 is 15.7 Å². The molecule has 25 heavy (non-hydrogen) atoms. The summed E-state index contributed by atoms with van der Waals surface area (Å²) >= 11 is 5.86. The van der Waals surface area contributed by atoms with Crippen molar-refractivity contribution in [3.8, 4) is 5.75 Å². The number of ether oxygens (including phenoxy) is 1. The fourth-order valence-corrected chi connectivity index (χ4v) is 2.20. The summed E-state index contributed by atoms with van der Waals surface area (Å²) in [6.45, 7) is 0.494. The van der Waals surface area contributed by atoms with Crippen molar-refractivity contribution >= 4 is 23.5 Å². The number of nitrogens with one attached hydrogen (secondary N) is 2. The van der Waals surface area contributed by atoms with Gasteiger partial charge in [-0.15, -0.1) is 0 Å². The molecule has 0 aliphatic rings. The maximum atomic E-state index is 11.3. The molecule has 2 aromatic carbocycles. The topological polar surface area (TPSA) is 79.4 Å². The SMILES string of the molecule is O=c1[nH]ncc(N/N=C\c2cccc(OCc3ccccc3)c2)c1Cl. The van der Waals surface area contributed by atoms with Crippen molar-refractivity contribution in [2.24, 2.45) is 5.10 Å². The Bertz CT molecular complexity index is 926. The number of hydrogen-bond acceptors (Lipinski definition) is 5. The minimum absolute atomic E-state index is 0.00657. The molecule has 1 heterocycles. The Morgan fingerprint density at radius 2 is 2.04 bits per heavy atom. The predicted octanol–water partition coefficient (Wildman–Crippen LogP) is 3.45. The molecule has 126 valence electrons. The van der Waals surface area contributed by atoms with Crippen molar-refractivity contribution in [1.29, 1.82) is 0 Å². The molecular formula is C18H15ClN4O2. The Kier molecular flexibility index (Phi) is 5.43. The van der Waals surface area contributed by atoms with E-state index in [4.69, 9.17) is 16.3 Å². The molecule has 6 nitrogen and oxygen atoms in total. The minimum Gasteiger partial charge on any atom is -0.489 e. The van der Waals surface area contributed by atoms with Crippen LogP contribution in [0.4, 0.5) is 5.69 Å². The third-order valence-electron chi connectivity index (χ3n) is 3.30. The number of hydrazone groups is 1. The van der Waals surface area contributed by atoms with Crippen molar-refractivity contribution in [2.75, 3.05) is 5.43 Å². The van der Waals surface area contributed by atoms with Crippen LogP contribution in [-0.2, 0) is 6.61 Å². The number of rotatable bonds is 6. The molecule has 1 aromatic heterocycles. The Balaban J connectivity index is 1.63. The van der Waals surface area contributed by atoms with Crippen molar-refractivity contribution < 1.29 is 4.74 Å². The van der Waals surface area contributed by atoms with Crippen LogP contribution in [-0.4, -0.2) is 16.4 Å². The first-order valence-corrected chi connectivity index (χ1v) is 7.89. The molecule has 0 unspecified atom stereocenters. The summed E-state index contributed by atoms with van der Waals surface area (Å²) in [5.41, 5.74) is 4.49. The van der Waals surface area contributed by atoms with Crippen LogP contribution in [0.2, 0.25) is 5.02 Å². The second-order valence-corrected chi connectivity index (χ2v) is 5.52. The van der Waals surface area contributed by atoms with Gasteiger partial charge in [0.05, 0.1) is 12.4 Å². The van der Waals surface area contributed by atoms with Crippen molar-refractivity contribution in [2.45, 2.75) is 6.61 Å². The van der Waals surface area contributed by atoms with Gasteiger partial charge in [-0.2, -0.15) is 10.2 Å². The molecule has 2 N–H and O–H groups in total. The van der Waals surface area contributed by atoms with Gasteiger partial charge in [-0.25, -0.2) is 5.10 Å². The Hall–Kier alpha value is -3.12. The van der Waals surface area contributed by atoms with Crippen LogP contribution in [0.3, 0.4) is 0 Å². The summed E-state index contributed by atoms with van der Waals surface area (Å²) in [4.78, 5) is 11.3. The molecule has 0 saturated heterocycles.